The van der Waals surface area contributed by atoms with Crippen molar-refractivity contribution in [1.82, 2.24) is 14.6 Å². The first-order chi connectivity index (χ1) is 6.72. The zero-order valence-electron chi connectivity index (χ0n) is 7.77. The fraction of sp³-hybridized carbons (Fsp3) is 0.222. The molecule has 0 bridgehead atoms. The Balaban J connectivity index is 2.70. The van der Waals surface area contributed by atoms with Gasteiger partial charge < -0.3 is 5.73 Å². The highest BCUT2D eigenvalue weighted by atomic mass is 16.1. The van der Waals surface area contributed by atoms with Gasteiger partial charge in [-0.25, -0.2) is 9.50 Å². The molecule has 0 radical (unpaired) electrons. The molecule has 0 saturated heterocycles. The van der Waals surface area contributed by atoms with Crippen LogP contribution >= 0.6 is 0 Å². The van der Waals surface area contributed by atoms with E-state index in [9.17, 15) is 4.79 Å². The van der Waals surface area contributed by atoms with Crippen molar-refractivity contribution in [2.45, 2.75) is 13.3 Å². The van der Waals surface area contributed by atoms with E-state index >= 15 is 0 Å². The molecule has 2 heterocycles. The molecule has 0 aliphatic carbocycles. The third-order valence-corrected chi connectivity index (χ3v) is 2.02. The number of fused-ring (bicyclic) bond motifs is 1. The predicted octanol–water partition coefficient (Wildman–Crippen LogP) is 0.391. The second kappa shape index (κ2) is 3.10. The second-order valence-corrected chi connectivity index (χ2v) is 2.94. The average Bonchev–Trinajstić information content (AvgIpc) is 2.60. The van der Waals surface area contributed by atoms with Crippen molar-refractivity contribution in [1.29, 1.82) is 0 Å². The predicted molar refractivity (Wildman–Crippen MR) is 50.9 cm³/mol. The van der Waals surface area contributed by atoms with Gasteiger partial charge in [0.25, 0.3) is 5.91 Å². The maximum atomic E-state index is 10.9. The molecule has 0 aliphatic heterocycles. The average molecular weight is 190 g/mol. The number of carbonyl (C=O) groups is 1. The van der Waals surface area contributed by atoms with Gasteiger partial charge in [-0.15, -0.1) is 5.10 Å². The van der Waals surface area contributed by atoms with Crippen LogP contribution in [-0.4, -0.2) is 20.5 Å². The molecule has 0 saturated carbocycles. The quantitative estimate of drug-likeness (QED) is 0.744. The molecule has 0 aromatic carbocycles. The first-order valence-electron chi connectivity index (χ1n) is 4.37. The Morgan fingerprint density at radius 3 is 3.00 bits per heavy atom. The minimum atomic E-state index is -0.601. The highest BCUT2D eigenvalue weighted by molar-refractivity contribution is 5.89. The van der Waals surface area contributed by atoms with Crippen molar-refractivity contribution >= 4 is 11.6 Å². The monoisotopic (exact) mass is 190 g/mol. The molecule has 5 nitrogen and oxygen atoms in total. The number of primary amides is 1. The van der Waals surface area contributed by atoms with E-state index in [0.29, 0.717) is 5.65 Å². The molecule has 72 valence electrons. The molecule has 0 atom stereocenters. The van der Waals surface area contributed by atoms with Gasteiger partial charge in [-0.3, -0.25) is 4.79 Å². The van der Waals surface area contributed by atoms with Crippen LogP contribution in [0.2, 0.25) is 0 Å². The Hall–Kier alpha value is -1.91. The molecule has 5 heteroatoms. The van der Waals surface area contributed by atoms with Gasteiger partial charge >= 0.3 is 0 Å². The largest absolute Gasteiger partial charge is 0.363 e. The summed E-state index contributed by atoms with van der Waals surface area (Å²) in [6, 6.07) is 5.61. The van der Waals surface area contributed by atoms with E-state index in [4.69, 9.17) is 5.73 Å². The van der Waals surface area contributed by atoms with Gasteiger partial charge in [0, 0.05) is 5.69 Å². The summed E-state index contributed by atoms with van der Waals surface area (Å²) in [6.07, 6.45) is 0.832. The second-order valence-electron chi connectivity index (χ2n) is 2.94. The molecule has 2 aromatic rings. The third-order valence-electron chi connectivity index (χ3n) is 2.02. The van der Waals surface area contributed by atoms with E-state index in [1.807, 2.05) is 19.1 Å². The third kappa shape index (κ3) is 1.22. The Morgan fingerprint density at radius 1 is 1.57 bits per heavy atom. The van der Waals surface area contributed by atoms with Gasteiger partial charge in [0.05, 0.1) is 0 Å². The van der Waals surface area contributed by atoms with Gasteiger partial charge in [0.2, 0.25) is 5.82 Å². The van der Waals surface area contributed by atoms with Gasteiger partial charge in [0.1, 0.15) is 0 Å². The number of nitrogens with two attached hydrogens (primary N) is 1. The van der Waals surface area contributed by atoms with Gasteiger partial charge in [-0.05, 0) is 18.6 Å². The van der Waals surface area contributed by atoms with Crippen molar-refractivity contribution in [3.8, 4) is 0 Å². The Morgan fingerprint density at radius 2 is 2.36 bits per heavy atom. The molecule has 2 aromatic heterocycles. The zero-order valence-corrected chi connectivity index (χ0v) is 7.77. The fourth-order valence-corrected chi connectivity index (χ4v) is 1.33. The summed E-state index contributed by atoms with van der Waals surface area (Å²) in [4.78, 5) is 14.9. The molecular formula is C9H10N4O. The Bertz CT molecular complexity index is 489. The highest BCUT2D eigenvalue weighted by Crippen LogP contribution is 2.06. The fourth-order valence-electron chi connectivity index (χ4n) is 1.33. The lowest BCUT2D eigenvalue weighted by Gasteiger charge is -1.97. The van der Waals surface area contributed by atoms with Crippen LogP contribution in [0.15, 0.2) is 18.2 Å². The standard InChI is InChI=1S/C9H10N4O/c1-2-6-4-3-5-7-11-9(8(10)14)12-13(6)7/h3-5H,2H2,1H3,(H2,10,14). The van der Waals surface area contributed by atoms with Crippen LogP contribution in [-0.2, 0) is 6.42 Å². The van der Waals surface area contributed by atoms with Crippen LogP contribution in [0.3, 0.4) is 0 Å². The lowest BCUT2D eigenvalue weighted by atomic mass is 10.3. The van der Waals surface area contributed by atoms with E-state index in [1.165, 1.54) is 0 Å². The smallest absolute Gasteiger partial charge is 0.288 e. The van der Waals surface area contributed by atoms with E-state index < -0.39 is 5.91 Å². The molecule has 2 rings (SSSR count). The van der Waals surface area contributed by atoms with Crippen LogP contribution in [0, 0.1) is 0 Å². The number of aryl methyl sites for hydroxylation is 1. The number of hydrogen-bond acceptors (Lipinski definition) is 3. The summed E-state index contributed by atoms with van der Waals surface area (Å²) < 4.78 is 1.64. The molecule has 2 N–H and O–H groups in total. The normalized spacial score (nSPS) is 10.6. The summed E-state index contributed by atoms with van der Waals surface area (Å²) in [5.74, 6) is -0.540. The number of hydrogen-bond donors (Lipinski definition) is 1. The number of rotatable bonds is 2. The molecule has 0 spiro atoms. The molecule has 0 aliphatic rings. The summed E-state index contributed by atoms with van der Waals surface area (Å²) in [5, 5.41) is 4.01. The van der Waals surface area contributed by atoms with Crippen molar-refractivity contribution < 1.29 is 4.79 Å². The Kier molecular flexibility index (Phi) is 1.92. The highest BCUT2D eigenvalue weighted by Gasteiger charge is 2.09. The van der Waals surface area contributed by atoms with Crippen LogP contribution in [0.5, 0.6) is 0 Å². The minimum absolute atomic E-state index is 0.0610. The Labute approximate surface area is 80.6 Å². The van der Waals surface area contributed by atoms with Gasteiger partial charge in [-0.1, -0.05) is 13.0 Å². The summed E-state index contributed by atoms with van der Waals surface area (Å²) in [5.41, 5.74) is 6.75. The van der Waals surface area contributed by atoms with Gasteiger partial charge in [-0.2, -0.15) is 0 Å². The number of pyridine rings is 1. The first-order valence-corrected chi connectivity index (χ1v) is 4.37. The minimum Gasteiger partial charge on any atom is -0.363 e. The van der Waals surface area contributed by atoms with Crippen LogP contribution in [0.25, 0.3) is 5.65 Å². The van der Waals surface area contributed by atoms with Crippen molar-refractivity contribution in [2.24, 2.45) is 5.73 Å². The molecular weight excluding hydrogens is 180 g/mol. The lowest BCUT2D eigenvalue weighted by molar-refractivity contribution is 0.0990. The van der Waals surface area contributed by atoms with Crippen LogP contribution < -0.4 is 5.73 Å². The van der Waals surface area contributed by atoms with Crippen molar-refractivity contribution in [3.63, 3.8) is 0 Å². The summed E-state index contributed by atoms with van der Waals surface area (Å²) in [7, 11) is 0. The summed E-state index contributed by atoms with van der Waals surface area (Å²) in [6.45, 7) is 2.01. The lowest BCUT2D eigenvalue weighted by Crippen LogP contribution is -2.13. The maximum Gasteiger partial charge on any atom is 0.288 e. The molecule has 14 heavy (non-hydrogen) atoms. The van der Waals surface area contributed by atoms with E-state index in [1.54, 1.807) is 10.6 Å². The van der Waals surface area contributed by atoms with Crippen LogP contribution in [0.4, 0.5) is 0 Å². The molecule has 0 fully saturated rings. The van der Waals surface area contributed by atoms with Crippen LogP contribution in [0.1, 0.15) is 23.2 Å². The zero-order chi connectivity index (χ0) is 10.1. The SMILES string of the molecule is CCc1cccc2nc(C(N)=O)nn12. The summed E-state index contributed by atoms with van der Waals surface area (Å²) >= 11 is 0. The topological polar surface area (TPSA) is 73.3 Å². The maximum absolute atomic E-state index is 10.9. The number of carbonyl (C=O) groups excluding carboxylic acids is 1. The molecule has 1 amide bonds. The van der Waals surface area contributed by atoms with Crippen molar-refractivity contribution in [3.05, 3.63) is 29.7 Å². The van der Waals surface area contributed by atoms with Crippen molar-refractivity contribution in [2.75, 3.05) is 0 Å². The first kappa shape index (κ1) is 8.68. The van der Waals surface area contributed by atoms with E-state index in [2.05, 4.69) is 10.1 Å². The number of aromatic nitrogens is 3. The van der Waals surface area contributed by atoms with E-state index in [-0.39, 0.29) is 5.82 Å². The number of nitrogens with zero attached hydrogens (tertiary/aromatic N) is 3. The van der Waals surface area contributed by atoms with E-state index in [0.717, 1.165) is 12.1 Å². The number of amides is 1. The van der Waals surface area contributed by atoms with Gasteiger partial charge in [0.15, 0.2) is 5.65 Å². The molecule has 0 unspecified atom stereocenters.